The van der Waals surface area contributed by atoms with Crippen molar-refractivity contribution in [3.05, 3.63) is 30.5 Å². The summed E-state index contributed by atoms with van der Waals surface area (Å²) >= 11 is 0. The van der Waals surface area contributed by atoms with Gasteiger partial charge in [-0.1, -0.05) is 13.5 Å². The second kappa shape index (κ2) is 6.32. The number of H-pyrrole nitrogens is 1. The molecule has 7 nitrogen and oxygen atoms in total. The highest BCUT2D eigenvalue weighted by Crippen LogP contribution is 2.29. The molecule has 1 saturated heterocycles. The van der Waals surface area contributed by atoms with Crippen LogP contribution in [0.3, 0.4) is 0 Å². The molecule has 0 radical (unpaired) electrons. The van der Waals surface area contributed by atoms with E-state index in [0.29, 0.717) is 24.7 Å². The normalized spacial score (nSPS) is 20.8. The van der Waals surface area contributed by atoms with E-state index in [1.54, 1.807) is 15.7 Å². The molecule has 2 aromatic heterocycles. The first-order valence-electron chi connectivity index (χ1n) is 7.95. The number of hydrogen-bond donors (Lipinski definition) is 2. The van der Waals surface area contributed by atoms with Gasteiger partial charge in [-0.25, -0.2) is 4.98 Å². The molecule has 3 rings (SSSR count). The number of aromatic amines is 1. The molecule has 1 aliphatic heterocycles. The van der Waals surface area contributed by atoms with E-state index in [-0.39, 0.29) is 23.7 Å². The van der Waals surface area contributed by atoms with E-state index >= 15 is 0 Å². The summed E-state index contributed by atoms with van der Waals surface area (Å²) in [6.07, 6.45) is 4.08. The molecule has 0 saturated carbocycles. The minimum absolute atomic E-state index is 0.0472. The number of likely N-dealkylation sites (tertiary alicyclic amines) is 1. The van der Waals surface area contributed by atoms with Crippen molar-refractivity contribution in [1.29, 1.82) is 10.7 Å². The van der Waals surface area contributed by atoms with Crippen molar-refractivity contribution in [2.45, 2.75) is 19.8 Å². The Kier molecular flexibility index (Phi) is 4.21. The molecule has 2 unspecified atom stereocenters. The summed E-state index contributed by atoms with van der Waals surface area (Å²) in [6.45, 7) is 7.50. The SMILES string of the molecule is C=C(C1CC(C)CN(C(=O)CC#N)C1)n1c(=N)cnc2[nH]ccc21. The first-order valence-corrected chi connectivity index (χ1v) is 7.95. The van der Waals surface area contributed by atoms with E-state index in [2.05, 4.69) is 23.5 Å². The number of amides is 1. The van der Waals surface area contributed by atoms with Gasteiger partial charge in [0.05, 0.1) is 17.8 Å². The molecule has 2 atom stereocenters. The maximum absolute atomic E-state index is 12.1. The second-order valence-corrected chi connectivity index (χ2v) is 6.35. The second-order valence-electron chi connectivity index (χ2n) is 6.35. The van der Waals surface area contributed by atoms with Gasteiger partial charge < -0.3 is 9.88 Å². The Morgan fingerprint density at radius 2 is 2.38 bits per heavy atom. The van der Waals surface area contributed by atoms with Gasteiger partial charge >= 0.3 is 0 Å². The third-order valence-electron chi connectivity index (χ3n) is 4.50. The van der Waals surface area contributed by atoms with Gasteiger partial charge in [0, 0.05) is 30.9 Å². The molecule has 124 valence electrons. The topological polar surface area (TPSA) is 102 Å². The third kappa shape index (κ3) is 2.83. The zero-order chi connectivity index (χ0) is 17.3. The minimum Gasteiger partial charge on any atom is -0.345 e. The average molecular weight is 324 g/mol. The molecule has 0 spiro atoms. The summed E-state index contributed by atoms with van der Waals surface area (Å²) in [4.78, 5) is 21.1. The molecule has 1 fully saturated rings. The fourth-order valence-electron chi connectivity index (χ4n) is 3.42. The average Bonchev–Trinajstić information content (AvgIpc) is 3.02. The van der Waals surface area contributed by atoms with Crippen molar-refractivity contribution in [2.24, 2.45) is 11.8 Å². The predicted molar refractivity (Wildman–Crippen MR) is 89.3 cm³/mol. The van der Waals surface area contributed by atoms with Gasteiger partial charge in [0.2, 0.25) is 5.91 Å². The molecule has 2 aromatic rings. The van der Waals surface area contributed by atoms with Crippen LogP contribution < -0.4 is 5.49 Å². The van der Waals surface area contributed by atoms with Gasteiger partial charge in [0.25, 0.3) is 0 Å². The van der Waals surface area contributed by atoms with Crippen LogP contribution in [0.1, 0.15) is 19.8 Å². The van der Waals surface area contributed by atoms with E-state index < -0.39 is 0 Å². The number of aromatic nitrogens is 3. The molecule has 0 bridgehead atoms. The zero-order valence-corrected chi connectivity index (χ0v) is 13.6. The van der Waals surface area contributed by atoms with Crippen molar-refractivity contribution >= 4 is 22.8 Å². The van der Waals surface area contributed by atoms with Crippen molar-refractivity contribution in [3.63, 3.8) is 0 Å². The van der Waals surface area contributed by atoms with Gasteiger partial charge in [-0.3, -0.25) is 14.8 Å². The van der Waals surface area contributed by atoms with Crippen LogP contribution in [0.2, 0.25) is 0 Å². The lowest BCUT2D eigenvalue weighted by Gasteiger charge is -2.37. The van der Waals surface area contributed by atoms with Gasteiger partial charge in [0.15, 0.2) is 5.65 Å². The van der Waals surface area contributed by atoms with Crippen LogP contribution in [-0.2, 0) is 4.79 Å². The smallest absolute Gasteiger partial charge is 0.236 e. The number of carbonyl (C=O) groups is 1. The molecule has 1 aliphatic rings. The molecule has 24 heavy (non-hydrogen) atoms. The number of nitriles is 1. The summed E-state index contributed by atoms with van der Waals surface area (Å²) in [6, 6.07) is 3.80. The molecule has 0 aliphatic carbocycles. The van der Waals surface area contributed by atoms with Crippen molar-refractivity contribution in [3.8, 4) is 6.07 Å². The number of rotatable bonds is 3. The summed E-state index contributed by atoms with van der Waals surface area (Å²) in [7, 11) is 0. The molecule has 7 heteroatoms. The van der Waals surface area contributed by atoms with Gasteiger partial charge in [-0.2, -0.15) is 5.26 Å². The third-order valence-corrected chi connectivity index (χ3v) is 4.50. The van der Waals surface area contributed by atoms with Gasteiger partial charge in [0.1, 0.15) is 11.9 Å². The Hall–Kier alpha value is -2.88. The van der Waals surface area contributed by atoms with Crippen LogP contribution in [0.4, 0.5) is 0 Å². The molecular formula is C17H20N6O. The molecule has 0 aromatic carbocycles. The number of carbonyl (C=O) groups excluding carboxylic acids is 1. The fourth-order valence-corrected chi connectivity index (χ4v) is 3.42. The number of nitrogens with zero attached hydrogens (tertiary/aromatic N) is 4. The number of piperidine rings is 1. The maximum Gasteiger partial charge on any atom is 0.236 e. The first kappa shape index (κ1) is 16.0. The highest BCUT2D eigenvalue weighted by molar-refractivity contribution is 5.79. The summed E-state index contributed by atoms with van der Waals surface area (Å²) < 4.78 is 1.79. The zero-order valence-electron chi connectivity index (χ0n) is 13.6. The highest BCUT2D eigenvalue weighted by atomic mass is 16.2. The summed E-state index contributed by atoms with van der Waals surface area (Å²) in [5.41, 5.74) is 2.56. The van der Waals surface area contributed by atoms with Crippen LogP contribution in [-0.4, -0.2) is 38.4 Å². The van der Waals surface area contributed by atoms with Crippen LogP contribution in [0.15, 0.2) is 25.0 Å². The lowest BCUT2D eigenvalue weighted by molar-refractivity contribution is -0.132. The van der Waals surface area contributed by atoms with E-state index in [0.717, 1.165) is 17.6 Å². The van der Waals surface area contributed by atoms with Crippen LogP contribution >= 0.6 is 0 Å². The van der Waals surface area contributed by atoms with Crippen LogP contribution in [0.25, 0.3) is 16.9 Å². The monoisotopic (exact) mass is 324 g/mol. The van der Waals surface area contributed by atoms with E-state index in [9.17, 15) is 4.79 Å². The Morgan fingerprint density at radius 3 is 3.12 bits per heavy atom. The van der Waals surface area contributed by atoms with Crippen molar-refractivity contribution in [1.82, 2.24) is 19.4 Å². The number of hydrogen-bond acceptors (Lipinski definition) is 4. The van der Waals surface area contributed by atoms with E-state index in [4.69, 9.17) is 10.7 Å². The standard InChI is InChI=1S/C17H20N6O/c1-11-7-13(10-22(9-11)16(24)3-5-18)12(2)23-14-4-6-20-17(14)21-8-15(23)19/h4,6,8,11,13,19-20H,2-3,7,9-10H2,1H3. The molecule has 1 amide bonds. The fraction of sp³-hybridized carbons (Fsp3) is 0.412. The summed E-state index contributed by atoms with van der Waals surface area (Å²) in [5.74, 6) is 0.229. The lowest BCUT2D eigenvalue weighted by Crippen LogP contribution is -2.44. The van der Waals surface area contributed by atoms with Crippen molar-refractivity contribution in [2.75, 3.05) is 13.1 Å². The predicted octanol–water partition coefficient (Wildman–Crippen LogP) is 1.71. The van der Waals surface area contributed by atoms with Gasteiger partial charge in [-0.15, -0.1) is 0 Å². The Bertz CT molecular complexity index is 886. The molecule has 2 N–H and O–H groups in total. The van der Waals surface area contributed by atoms with Crippen LogP contribution in [0.5, 0.6) is 0 Å². The maximum atomic E-state index is 12.1. The first-order chi connectivity index (χ1) is 11.5. The largest absolute Gasteiger partial charge is 0.345 e. The minimum atomic E-state index is -0.139. The Labute approximate surface area is 139 Å². The Balaban J connectivity index is 1.92. The molecular weight excluding hydrogens is 304 g/mol. The van der Waals surface area contributed by atoms with Gasteiger partial charge in [-0.05, 0) is 18.4 Å². The molecule has 3 heterocycles. The number of nitrogens with one attached hydrogen (secondary N) is 2. The van der Waals surface area contributed by atoms with E-state index in [1.807, 2.05) is 12.1 Å². The quantitative estimate of drug-likeness (QED) is 0.898. The Morgan fingerprint density at radius 1 is 1.58 bits per heavy atom. The lowest BCUT2D eigenvalue weighted by atomic mass is 9.88. The summed E-state index contributed by atoms with van der Waals surface area (Å²) in [5, 5.41) is 17.0. The highest BCUT2D eigenvalue weighted by Gasteiger charge is 2.30. The number of fused-ring (bicyclic) bond motifs is 1. The van der Waals surface area contributed by atoms with E-state index in [1.165, 1.54) is 6.20 Å². The van der Waals surface area contributed by atoms with Crippen LogP contribution in [0, 0.1) is 28.6 Å². The van der Waals surface area contributed by atoms with Crippen molar-refractivity contribution < 1.29 is 4.79 Å².